The fourth-order valence-corrected chi connectivity index (χ4v) is 3.72. The molecule has 1 saturated carbocycles. The Morgan fingerprint density at radius 2 is 2.09 bits per heavy atom. The number of hydrogen-bond donors (Lipinski definition) is 4. The molecule has 0 spiro atoms. The second-order valence-corrected chi connectivity index (χ2v) is 6.83. The molecule has 8 nitrogen and oxygen atoms in total. The smallest absolute Gasteiger partial charge is 0.191 e. The first-order valence-corrected chi connectivity index (χ1v) is 8.68. The summed E-state index contributed by atoms with van der Waals surface area (Å²) in [6, 6.07) is -0.493. The molecule has 0 saturated heterocycles. The summed E-state index contributed by atoms with van der Waals surface area (Å²) in [5.74, 6) is 1.19. The number of rotatable bonds is 5. The second kappa shape index (κ2) is 6.60. The third-order valence-corrected chi connectivity index (χ3v) is 5.07. The molecular weight excluding hydrogens is 318 g/mol. The van der Waals surface area contributed by atoms with Crippen molar-refractivity contribution < 1.29 is 15.3 Å². The van der Waals surface area contributed by atoms with Gasteiger partial charge in [-0.25, -0.2) is 15.0 Å². The van der Waals surface area contributed by atoms with E-state index in [1.165, 1.54) is 18.1 Å². The summed E-state index contributed by atoms with van der Waals surface area (Å²) in [4.78, 5) is 13.0. The zero-order chi connectivity index (χ0) is 16.6. The lowest BCUT2D eigenvalue weighted by Crippen LogP contribution is -2.31. The standard InChI is InChI=1S/C14H21N5O3S/c1-2-3-4-23-14-17-12(15)9-13(18-14)19(6-16-9)7-5-8(20)11(22)10(7)21/h6-8,10-11,20-22H,2-5H2,1H3,(H2,15,17,18)/t7-,8+,10+,11-/m1/s1. The van der Waals surface area contributed by atoms with E-state index in [2.05, 4.69) is 21.9 Å². The number of thioether (sulfide) groups is 1. The van der Waals surface area contributed by atoms with Crippen molar-refractivity contribution in [3.8, 4) is 0 Å². The Morgan fingerprint density at radius 1 is 1.30 bits per heavy atom. The van der Waals surface area contributed by atoms with Gasteiger partial charge in [0.1, 0.15) is 17.7 Å². The van der Waals surface area contributed by atoms with E-state index < -0.39 is 24.4 Å². The van der Waals surface area contributed by atoms with Crippen molar-refractivity contribution in [2.24, 2.45) is 0 Å². The third-order valence-electron chi connectivity index (χ3n) is 4.14. The minimum absolute atomic E-state index is 0.232. The molecule has 2 aromatic rings. The molecule has 1 fully saturated rings. The van der Waals surface area contributed by atoms with Crippen molar-refractivity contribution >= 4 is 28.7 Å². The molecule has 4 atom stereocenters. The first kappa shape index (κ1) is 16.4. The highest BCUT2D eigenvalue weighted by Gasteiger charge is 2.42. The van der Waals surface area contributed by atoms with Gasteiger partial charge in [-0.2, -0.15) is 0 Å². The number of hydrogen-bond acceptors (Lipinski definition) is 8. The molecular formula is C14H21N5O3S. The Labute approximate surface area is 137 Å². The summed E-state index contributed by atoms with van der Waals surface area (Å²) in [5.41, 5.74) is 6.94. The van der Waals surface area contributed by atoms with Crippen LogP contribution in [0.2, 0.25) is 0 Å². The summed E-state index contributed by atoms with van der Waals surface area (Å²) in [7, 11) is 0. The summed E-state index contributed by atoms with van der Waals surface area (Å²) >= 11 is 1.53. The van der Waals surface area contributed by atoms with Crippen LogP contribution in [0.15, 0.2) is 11.5 Å². The van der Waals surface area contributed by atoms with Crippen LogP contribution in [0, 0.1) is 0 Å². The van der Waals surface area contributed by atoms with E-state index in [0.29, 0.717) is 22.1 Å². The molecule has 0 amide bonds. The molecule has 0 bridgehead atoms. The Morgan fingerprint density at radius 3 is 2.74 bits per heavy atom. The average Bonchev–Trinajstić information content (AvgIpc) is 3.05. The minimum Gasteiger partial charge on any atom is -0.390 e. The largest absolute Gasteiger partial charge is 0.390 e. The molecule has 0 radical (unpaired) electrons. The van der Waals surface area contributed by atoms with Gasteiger partial charge in [0.05, 0.1) is 18.5 Å². The molecule has 0 aromatic carbocycles. The van der Waals surface area contributed by atoms with Crippen LogP contribution in [0.1, 0.15) is 32.2 Å². The lowest BCUT2D eigenvalue weighted by molar-refractivity contribution is -0.0244. The highest BCUT2D eigenvalue weighted by atomic mass is 32.2. The maximum atomic E-state index is 10.1. The predicted octanol–water partition coefficient (Wildman–Crippen LogP) is 0.328. The molecule has 1 aliphatic rings. The third kappa shape index (κ3) is 3.01. The molecule has 0 unspecified atom stereocenters. The van der Waals surface area contributed by atoms with E-state index in [1.807, 2.05) is 0 Å². The van der Waals surface area contributed by atoms with Crippen LogP contribution in [0.5, 0.6) is 0 Å². The maximum absolute atomic E-state index is 10.1. The number of anilines is 1. The summed E-state index contributed by atoms with van der Waals surface area (Å²) < 4.78 is 1.67. The summed E-state index contributed by atoms with van der Waals surface area (Å²) in [5, 5.41) is 30.2. The molecule has 1 aliphatic carbocycles. The number of nitrogens with zero attached hydrogens (tertiary/aromatic N) is 4. The number of fused-ring (bicyclic) bond motifs is 1. The van der Waals surface area contributed by atoms with Gasteiger partial charge in [-0.1, -0.05) is 25.1 Å². The monoisotopic (exact) mass is 339 g/mol. The van der Waals surface area contributed by atoms with Gasteiger partial charge in [0.2, 0.25) is 0 Å². The van der Waals surface area contributed by atoms with Gasteiger partial charge < -0.3 is 25.6 Å². The lowest BCUT2D eigenvalue weighted by Gasteiger charge is -2.18. The van der Waals surface area contributed by atoms with Crippen molar-refractivity contribution in [3.05, 3.63) is 6.33 Å². The number of unbranched alkanes of at least 4 members (excludes halogenated alkanes) is 1. The first-order chi connectivity index (χ1) is 11.0. The number of aliphatic hydroxyl groups excluding tert-OH is 3. The number of aliphatic hydroxyl groups is 3. The highest BCUT2D eigenvalue weighted by Crippen LogP contribution is 2.34. The van der Waals surface area contributed by atoms with Crippen molar-refractivity contribution in [3.63, 3.8) is 0 Å². The van der Waals surface area contributed by atoms with E-state index in [-0.39, 0.29) is 6.42 Å². The van der Waals surface area contributed by atoms with Crippen LogP contribution in [0.25, 0.3) is 11.2 Å². The van der Waals surface area contributed by atoms with Gasteiger partial charge in [0.15, 0.2) is 16.6 Å². The van der Waals surface area contributed by atoms with Gasteiger partial charge >= 0.3 is 0 Å². The molecule has 2 aromatic heterocycles. The van der Waals surface area contributed by atoms with Gasteiger partial charge in [-0.15, -0.1) is 0 Å². The second-order valence-electron chi connectivity index (χ2n) is 5.77. The van der Waals surface area contributed by atoms with E-state index in [0.717, 1.165) is 18.6 Å². The normalized spacial score (nSPS) is 27.8. The Kier molecular flexibility index (Phi) is 4.72. The van der Waals surface area contributed by atoms with E-state index in [4.69, 9.17) is 5.73 Å². The van der Waals surface area contributed by atoms with E-state index in [1.54, 1.807) is 4.57 Å². The Balaban J connectivity index is 1.95. The van der Waals surface area contributed by atoms with Crippen LogP contribution in [-0.4, -0.2) is 58.9 Å². The molecule has 9 heteroatoms. The van der Waals surface area contributed by atoms with Gasteiger partial charge in [0, 0.05) is 5.75 Å². The fourth-order valence-electron chi connectivity index (χ4n) is 2.79. The topological polar surface area (TPSA) is 130 Å². The molecule has 3 rings (SSSR count). The van der Waals surface area contributed by atoms with Crippen LogP contribution in [0.3, 0.4) is 0 Å². The number of imidazole rings is 1. The van der Waals surface area contributed by atoms with Crippen LogP contribution >= 0.6 is 11.8 Å². The van der Waals surface area contributed by atoms with E-state index in [9.17, 15) is 15.3 Å². The van der Waals surface area contributed by atoms with Gasteiger partial charge in [0.25, 0.3) is 0 Å². The van der Waals surface area contributed by atoms with Crippen LogP contribution < -0.4 is 5.73 Å². The average molecular weight is 339 g/mol. The molecule has 126 valence electrons. The minimum atomic E-state index is -1.17. The summed E-state index contributed by atoms with van der Waals surface area (Å²) in [6.07, 6.45) is 0.692. The number of nitrogens with two attached hydrogens (primary N) is 1. The zero-order valence-electron chi connectivity index (χ0n) is 12.8. The highest BCUT2D eigenvalue weighted by molar-refractivity contribution is 7.99. The first-order valence-electron chi connectivity index (χ1n) is 7.70. The number of nitrogen functional groups attached to an aromatic ring is 1. The van der Waals surface area contributed by atoms with Crippen molar-refractivity contribution in [2.75, 3.05) is 11.5 Å². The fraction of sp³-hybridized carbons (Fsp3) is 0.643. The lowest BCUT2D eigenvalue weighted by atomic mass is 10.2. The number of aromatic nitrogens is 4. The van der Waals surface area contributed by atoms with Crippen molar-refractivity contribution in [2.45, 2.75) is 55.7 Å². The SMILES string of the molecule is CCCCSc1nc(N)c2ncn([C@@H]3C[C@H](O)[C@@H](O)[C@H]3O)c2n1. The van der Waals surface area contributed by atoms with E-state index >= 15 is 0 Å². The summed E-state index contributed by atoms with van der Waals surface area (Å²) in [6.45, 7) is 2.12. The molecule has 2 heterocycles. The zero-order valence-corrected chi connectivity index (χ0v) is 13.6. The molecule has 23 heavy (non-hydrogen) atoms. The van der Waals surface area contributed by atoms with Crippen LogP contribution in [-0.2, 0) is 0 Å². The van der Waals surface area contributed by atoms with Gasteiger partial charge in [-0.05, 0) is 12.8 Å². The van der Waals surface area contributed by atoms with Crippen molar-refractivity contribution in [1.29, 1.82) is 0 Å². The quantitative estimate of drug-likeness (QED) is 0.348. The molecule has 5 N–H and O–H groups in total. The van der Waals surface area contributed by atoms with Gasteiger partial charge in [-0.3, -0.25) is 0 Å². The predicted molar refractivity (Wildman–Crippen MR) is 87.0 cm³/mol. The Bertz CT molecular complexity index is 694. The Hall–Kier alpha value is -1.42. The van der Waals surface area contributed by atoms with Crippen molar-refractivity contribution in [1.82, 2.24) is 19.5 Å². The maximum Gasteiger partial charge on any atom is 0.191 e. The molecule has 0 aliphatic heterocycles. The van der Waals surface area contributed by atoms with Crippen LogP contribution in [0.4, 0.5) is 5.82 Å².